The van der Waals surface area contributed by atoms with Gasteiger partial charge in [-0.3, -0.25) is 4.79 Å². The molecule has 158 valence electrons. The molecule has 2 aliphatic rings. The van der Waals surface area contributed by atoms with Gasteiger partial charge >= 0.3 is 0 Å². The van der Waals surface area contributed by atoms with E-state index >= 15 is 0 Å². The van der Waals surface area contributed by atoms with Crippen molar-refractivity contribution in [1.82, 2.24) is 29.3 Å². The molecule has 0 spiro atoms. The molecule has 3 aromatic rings. The van der Waals surface area contributed by atoms with E-state index < -0.39 is 0 Å². The molecule has 4 heterocycles. The minimum atomic E-state index is 0.0562. The molecule has 0 N–H and O–H groups in total. The molecular weight excluding hydrogens is 384 g/mol. The monoisotopic (exact) mass is 410 g/mol. The number of carbonyl (C=O) groups excluding carboxylic acids is 1. The average Bonchev–Trinajstić information content (AvgIpc) is 3.50. The number of rotatable bonds is 5. The van der Waals surface area contributed by atoms with Crippen LogP contribution in [0.3, 0.4) is 0 Å². The van der Waals surface area contributed by atoms with Crippen LogP contribution in [0, 0.1) is 11.8 Å². The summed E-state index contributed by atoms with van der Waals surface area (Å²) in [5.74, 6) is 0.945. The van der Waals surface area contributed by atoms with Gasteiger partial charge in [-0.25, -0.2) is 9.67 Å². The molecule has 0 bridgehead atoms. The second kappa shape index (κ2) is 7.81. The molecule has 1 aliphatic heterocycles. The second-order valence-corrected chi connectivity index (χ2v) is 8.28. The highest BCUT2D eigenvalue weighted by molar-refractivity contribution is 5.94. The van der Waals surface area contributed by atoms with E-state index in [1.807, 2.05) is 44.7 Å². The Morgan fingerprint density at radius 2 is 2.00 bits per heavy atom. The summed E-state index contributed by atoms with van der Waals surface area (Å²) in [5.41, 5.74) is 2.35. The van der Waals surface area contributed by atoms with Crippen molar-refractivity contribution in [3.8, 4) is 0 Å². The van der Waals surface area contributed by atoms with Crippen LogP contribution in [-0.4, -0.2) is 68.6 Å². The summed E-state index contributed by atoms with van der Waals surface area (Å²) in [6.07, 6.45) is 9.29. The topological polar surface area (TPSA) is 86.8 Å². The van der Waals surface area contributed by atoms with Gasteiger partial charge in [0.25, 0.3) is 5.91 Å². The number of amides is 1. The maximum absolute atomic E-state index is 13.2. The normalized spacial score (nSPS) is 26.3. The van der Waals surface area contributed by atoms with E-state index in [4.69, 9.17) is 9.47 Å². The molecule has 3 aromatic heterocycles. The van der Waals surface area contributed by atoms with Crippen LogP contribution in [-0.2, 0) is 16.1 Å². The third kappa shape index (κ3) is 3.37. The molecule has 1 amide bonds. The van der Waals surface area contributed by atoms with Crippen molar-refractivity contribution >= 4 is 11.6 Å². The zero-order valence-electron chi connectivity index (χ0n) is 17.2. The van der Waals surface area contributed by atoms with Crippen molar-refractivity contribution in [2.45, 2.75) is 31.6 Å². The maximum atomic E-state index is 13.2. The summed E-state index contributed by atoms with van der Waals surface area (Å²) in [5, 5.41) is 8.51. The molecule has 9 heteroatoms. The summed E-state index contributed by atoms with van der Waals surface area (Å²) in [4.78, 5) is 19.4. The molecule has 9 nitrogen and oxygen atoms in total. The third-order valence-corrected chi connectivity index (χ3v) is 6.50. The van der Waals surface area contributed by atoms with E-state index in [2.05, 4.69) is 15.3 Å². The highest BCUT2D eigenvalue weighted by atomic mass is 16.5. The first-order chi connectivity index (χ1) is 14.7. The van der Waals surface area contributed by atoms with Crippen LogP contribution in [0.15, 0.2) is 36.9 Å². The van der Waals surface area contributed by atoms with Gasteiger partial charge in [0.05, 0.1) is 30.5 Å². The van der Waals surface area contributed by atoms with Crippen LogP contribution in [0.4, 0.5) is 0 Å². The molecule has 1 saturated carbocycles. The van der Waals surface area contributed by atoms with Gasteiger partial charge in [-0.15, -0.1) is 5.10 Å². The van der Waals surface area contributed by atoms with Gasteiger partial charge in [0.1, 0.15) is 11.3 Å². The molecule has 30 heavy (non-hydrogen) atoms. The molecule has 2 fully saturated rings. The lowest BCUT2D eigenvalue weighted by molar-refractivity contribution is -0.00548. The van der Waals surface area contributed by atoms with Gasteiger partial charge < -0.3 is 18.8 Å². The molecular formula is C21H26N6O3. The number of ether oxygens (including phenoxy) is 2. The first kappa shape index (κ1) is 19.2. The van der Waals surface area contributed by atoms with Gasteiger partial charge in [-0.2, -0.15) is 0 Å². The summed E-state index contributed by atoms with van der Waals surface area (Å²) in [6, 6.07) is 3.86. The highest BCUT2D eigenvalue weighted by Crippen LogP contribution is 2.42. The number of fused-ring (bicyclic) bond motifs is 2. The Morgan fingerprint density at radius 3 is 2.80 bits per heavy atom. The third-order valence-electron chi connectivity index (χ3n) is 6.50. The summed E-state index contributed by atoms with van der Waals surface area (Å²) < 4.78 is 14.8. The number of likely N-dealkylation sites (tertiary alicyclic amines) is 1. The average molecular weight is 410 g/mol. The number of imidazole rings is 1. The number of pyridine rings is 1. The fourth-order valence-electron chi connectivity index (χ4n) is 5.01. The van der Waals surface area contributed by atoms with E-state index in [9.17, 15) is 4.79 Å². The number of carbonyl (C=O) groups is 1. The molecule has 0 radical (unpaired) electrons. The summed E-state index contributed by atoms with van der Waals surface area (Å²) >= 11 is 0. The van der Waals surface area contributed by atoms with Crippen molar-refractivity contribution in [3.63, 3.8) is 0 Å². The molecule has 4 atom stereocenters. The van der Waals surface area contributed by atoms with Crippen LogP contribution in [0.5, 0.6) is 0 Å². The predicted molar refractivity (Wildman–Crippen MR) is 108 cm³/mol. The van der Waals surface area contributed by atoms with Gasteiger partial charge in [0.15, 0.2) is 0 Å². The Bertz CT molecular complexity index is 1050. The minimum absolute atomic E-state index is 0.0562. The number of methoxy groups -OCH3 is 2. The Balaban J connectivity index is 1.32. The smallest absolute Gasteiger partial charge is 0.255 e. The number of aromatic nitrogens is 5. The van der Waals surface area contributed by atoms with E-state index in [0.29, 0.717) is 24.0 Å². The Labute approximate surface area is 174 Å². The van der Waals surface area contributed by atoms with E-state index in [1.165, 1.54) is 0 Å². The summed E-state index contributed by atoms with van der Waals surface area (Å²) in [7, 11) is 3.40. The minimum Gasteiger partial charge on any atom is -0.379 e. The fraction of sp³-hybridized carbons (Fsp3) is 0.524. The van der Waals surface area contributed by atoms with Crippen LogP contribution >= 0.6 is 0 Å². The van der Waals surface area contributed by atoms with E-state index in [1.54, 1.807) is 20.4 Å². The van der Waals surface area contributed by atoms with Gasteiger partial charge in [0.2, 0.25) is 0 Å². The predicted octanol–water partition coefficient (Wildman–Crippen LogP) is 1.81. The van der Waals surface area contributed by atoms with Crippen LogP contribution in [0.1, 0.15) is 34.9 Å². The first-order valence-corrected chi connectivity index (χ1v) is 10.3. The number of hydrogen-bond acceptors (Lipinski definition) is 6. The van der Waals surface area contributed by atoms with Gasteiger partial charge in [-0.05, 0) is 36.8 Å². The highest BCUT2D eigenvalue weighted by Gasteiger charge is 2.44. The van der Waals surface area contributed by atoms with Crippen molar-refractivity contribution in [2.24, 2.45) is 11.8 Å². The van der Waals surface area contributed by atoms with Crippen molar-refractivity contribution in [3.05, 3.63) is 48.2 Å². The fourth-order valence-corrected chi connectivity index (χ4v) is 5.01. The first-order valence-electron chi connectivity index (χ1n) is 10.3. The van der Waals surface area contributed by atoms with Crippen molar-refractivity contribution < 1.29 is 14.3 Å². The second-order valence-electron chi connectivity index (χ2n) is 8.28. The standard InChI is InChI=1S/C21H26N6O3/c1-29-13-17-12-27(24-23-17)18-7-15-10-26(11-16(15)8-19(18)30-2)21(28)14-3-4-20-22-5-6-25(20)9-14/h3-6,9,12,15-16,18-19H,7-8,10-11,13H2,1-2H3/t15-,16+,18-,19-/m1/s1. The van der Waals surface area contributed by atoms with Crippen LogP contribution in [0.2, 0.25) is 0 Å². The molecule has 1 saturated heterocycles. The Hall–Kier alpha value is -2.78. The zero-order chi connectivity index (χ0) is 20.7. The number of hydrogen-bond donors (Lipinski definition) is 0. The van der Waals surface area contributed by atoms with Crippen LogP contribution < -0.4 is 0 Å². The summed E-state index contributed by atoms with van der Waals surface area (Å²) in [6.45, 7) is 1.97. The quantitative estimate of drug-likeness (QED) is 0.638. The van der Waals surface area contributed by atoms with E-state index in [-0.39, 0.29) is 18.1 Å². The van der Waals surface area contributed by atoms with Gasteiger partial charge in [0, 0.05) is 45.9 Å². The van der Waals surface area contributed by atoms with Crippen molar-refractivity contribution in [1.29, 1.82) is 0 Å². The lowest BCUT2D eigenvalue weighted by Gasteiger charge is -2.36. The van der Waals surface area contributed by atoms with Gasteiger partial charge in [-0.1, -0.05) is 5.21 Å². The lowest BCUT2D eigenvalue weighted by Crippen LogP contribution is -2.37. The zero-order valence-corrected chi connectivity index (χ0v) is 17.2. The molecule has 1 aliphatic carbocycles. The molecule has 5 rings (SSSR count). The Kier molecular flexibility index (Phi) is 5.00. The Morgan fingerprint density at radius 1 is 1.17 bits per heavy atom. The lowest BCUT2D eigenvalue weighted by atomic mass is 9.77. The van der Waals surface area contributed by atoms with E-state index in [0.717, 1.165) is 37.3 Å². The molecule has 0 aromatic carbocycles. The number of nitrogens with zero attached hydrogens (tertiary/aromatic N) is 6. The van der Waals surface area contributed by atoms with Crippen LogP contribution in [0.25, 0.3) is 5.65 Å². The SMILES string of the molecule is COCc1cn([C@@H]2C[C@@H]3CN(C(=O)c4ccc5nccn5c4)C[C@@H]3C[C@H]2OC)nn1. The van der Waals surface area contributed by atoms with Crippen molar-refractivity contribution in [2.75, 3.05) is 27.3 Å². The maximum Gasteiger partial charge on any atom is 0.255 e. The largest absolute Gasteiger partial charge is 0.379 e. The molecule has 0 unspecified atom stereocenters.